The lowest BCUT2D eigenvalue weighted by Gasteiger charge is -2.41. The van der Waals surface area contributed by atoms with Gasteiger partial charge in [-0.05, 0) is 47.3 Å². The molecular weight excluding hydrogens is 310 g/mol. The molecule has 0 atom stereocenters. The van der Waals surface area contributed by atoms with Gasteiger partial charge in [0.1, 0.15) is 3.70 Å². The zero-order valence-corrected chi connectivity index (χ0v) is 11.2. The van der Waals surface area contributed by atoms with E-state index in [1.165, 1.54) is 25.7 Å². The lowest BCUT2D eigenvalue weighted by atomic mass is 9.67. The first-order chi connectivity index (χ1) is 6.65. The van der Waals surface area contributed by atoms with Crippen molar-refractivity contribution in [3.63, 3.8) is 0 Å². The van der Waals surface area contributed by atoms with Crippen LogP contribution >= 0.6 is 34.2 Å². The second kappa shape index (κ2) is 4.00. The van der Waals surface area contributed by atoms with E-state index in [1.54, 1.807) is 0 Å². The van der Waals surface area contributed by atoms with Crippen molar-refractivity contribution in [2.75, 3.05) is 0 Å². The number of hydrogen-bond donors (Lipinski definition) is 0. The minimum atomic E-state index is 0.512. The van der Waals surface area contributed by atoms with Crippen molar-refractivity contribution >= 4 is 34.2 Å². The molecule has 2 rings (SSSR count). The molecule has 2 nitrogen and oxygen atoms in total. The van der Waals surface area contributed by atoms with Crippen LogP contribution in [-0.2, 0) is 6.54 Å². The van der Waals surface area contributed by atoms with Crippen LogP contribution in [-0.4, -0.2) is 9.78 Å². The van der Waals surface area contributed by atoms with Crippen molar-refractivity contribution in [1.82, 2.24) is 9.78 Å². The molecule has 1 aliphatic carbocycles. The Morgan fingerprint density at radius 2 is 2.36 bits per heavy atom. The zero-order chi connectivity index (χ0) is 10.2. The van der Waals surface area contributed by atoms with Crippen molar-refractivity contribution in [3.8, 4) is 0 Å². The topological polar surface area (TPSA) is 17.8 Å². The molecule has 0 aliphatic heterocycles. The summed E-state index contributed by atoms with van der Waals surface area (Å²) in [6.07, 6.45) is 7.26. The number of nitrogens with zero attached hydrogens (tertiary/aromatic N) is 2. The number of rotatable bonds is 3. The molecule has 1 aromatic rings. The molecular formula is C10H14ClIN2. The molecule has 0 N–H and O–H groups in total. The number of aromatic nitrogens is 2. The van der Waals surface area contributed by atoms with Gasteiger partial charge in [-0.3, -0.25) is 4.68 Å². The van der Waals surface area contributed by atoms with Crippen LogP contribution in [0, 0.1) is 9.12 Å². The van der Waals surface area contributed by atoms with Gasteiger partial charge < -0.3 is 0 Å². The zero-order valence-electron chi connectivity index (χ0n) is 8.26. The molecule has 0 aromatic carbocycles. The summed E-state index contributed by atoms with van der Waals surface area (Å²) in [6, 6.07) is 0. The third-order valence-electron chi connectivity index (χ3n) is 3.34. The van der Waals surface area contributed by atoms with E-state index in [9.17, 15) is 0 Å². The Balaban J connectivity index is 2.09. The van der Waals surface area contributed by atoms with E-state index in [0.717, 1.165) is 15.3 Å². The minimum Gasteiger partial charge on any atom is -0.270 e. The monoisotopic (exact) mass is 324 g/mol. The number of hydrogen-bond acceptors (Lipinski definition) is 1. The highest BCUT2D eigenvalue weighted by Crippen LogP contribution is 2.45. The maximum absolute atomic E-state index is 5.97. The van der Waals surface area contributed by atoms with Crippen LogP contribution < -0.4 is 0 Å². The molecule has 1 heterocycles. The third-order valence-corrected chi connectivity index (χ3v) is 4.73. The molecule has 1 aromatic heterocycles. The highest BCUT2D eigenvalue weighted by molar-refractivity contribution is 14.1. The van der Waals surface area contributed by atoms with Gasteiger partial charge in [0.15, 0.2) is 0 Å². The van der Waals surface area contributed by atoms with Crippen LogP contribution in [0.2, 0.25) is 5.02 Å². The summed E-state index contributed by atoms with van der Waals surface area (Å²) in [5.41, 5.74) is 0.512. The van der Waals surface area contributed by atoms with Crippen LogP contribution in [0.15, 0.2) is 6.20 Å². The Hall–Kier alpha value is 0.230. The molecule has 14 heavy (non-hydrogen) atoms. The first-order valence-corrected chi connectivity index (χ1v) is 6.49. The van der Waals surface area contributed by atoms with Crippen LogP contribution in [0.4, 0.5) is 0 Å². The maximum atomic E-state index is 5.97. The third kappa shape index (κ3) is 1.94. The first-order valence-electron chi connectivity index (χ1n) is 5.04. The molecule has 0 saturated heterocycles. The highest BCUT2D eigenvalue weighted by atomic mass is 127. The van der Waals surface area contributed by atoms with E-state index >= 15 is 0 Å². The molecule has 0 radical (unpaired) electrons. The molecule has 4 heteroatoms. The largest absolute Gasteiger partial charge is 0.270 e. The van der Waals surface area contributed by atoms with E-state index in [1.807, 2.05) is 10.9 Å². The normalized spacial score (nSPS) is 19.4. The van der Waals surface area contributed by atoms with Gasteiger partial charge in [0.25, 0.3) is 0 Å². The molecule has 0 unspecified atom stereocenters. The summed E-state index contributed by atoms with van der Waals surface area (Å²) in [4.78, 5) is 0. The Bertz CT molecular complexity index is 306. The predicted octanol–water partition coefficient (Wildman–Crippen LogP) is 3.72. The lowest BCUT2D eigenvalue weighted by molar-refractivity contribution is 0.0948. The van der Waals surface area contributed by atoms with Gasteiger partial charge in [0.2, 0.25) is 0 Å². The average Bonchev–Trinajstić information content (AvgIpc) is 2.39. The Kier molecular flexibility index (Phi) is 3.07. The van der Waals surface area contributed by atoms with Crippen LogP contribution in [0.25, 0.3) is 0 Å². The summed E-state index contributed by atoms with van der Waals surface area (Å²) in [7, 11) is 0. The summed E-state index contributed by atoms with van der Waals surface area (Å²) in [6.45, 7) is 3.31. The van der Waals surface area contributed by atoms with Crippen molar-refractivity contribution < 1.29 is 0 Å². The second-order valence-corrected chi connectivity index (χ2v) is 5.60. The van der Waals surface area contributed by atoms with E-state index < -0.39 is 0 Å². The van der Waals surface area contributed by atoms with E-state index in [0.29, 0.717) is 5.41 Å². The fourth-order valence-electron chi connectivity index (χ4n) is 2.10. The van der Waals surface area contributed by atoms with E-state index in [-0.39, 0.29) is 0 Å². The smallest absolute Gasteiger partial charge is 0.141 e. The van der Waals surface area contributed by atoms with Crippen molar-refractivity contribution in [1.29, 1.82) is 0 Å². The summed E-state index contributed by atoms with van der Waals surface area (Å²) >= 11 is 8.15. The molecule has 0 bridgehead atoms. The summed E-state index contributed by atoms with van der Waals surface area (Å²) < 4.78 is 2.92. The maximum Gasteiger partial charge on any atom is 0.141 e. The molecule has 1 saturated carbocycles. The minimum absolute atomic E-state index is 0.512. The van der Waals surface area contributed by atoms with Crippen LogP contribution in [0.3, 0.4) is 0 Å². The van der Waals surface area contributed by atoms with Crippen LogP contribution in [0.5, 0.6) is 0 Å². The van der Waals surface area contributed by atoms with E-state index in [2.05, 4.69) is 34.6 Å². The van der Waals surface area contributed by atoms with Gasteiger partial charge in [0.05, 0.1) is 5.02 Å². The lowest BCUT2D eigenvalue weighted by Crippen LogP contribution is -2.33. The standard InChI is InChI=1S/C10H14ClIN2/c1-2-10(4-3-5-10)7-14-6-8(11)9(12)13-14/h6H,2-5,7H2,1H3. The molecule has 78 valence electrons. The van der Waals surface area contributed by atoms with Crippen molar-refractivity contribution in [2.45, 2.75) is 39.2 Å². The van der Waals surface area contributed by atoms with Gasteiger partial charge in [0, 0.05) is 12.7 Å². The second-order valence-electron chi connectivity index (χ2n) is 4.17. The van der Waals surface area contributed by atoms with E-state index in [4.69, 9.17) is 11.6 Å². The molecule has 0 spiro atoms. The SMILES string of the molecule is CCC1(Cn2cc(Cl)c(I)n2)CCC1. The number of halogens is 2. The van der Waals surface area contributed by atoms with Crippen LogP contribution in [0.1, 0.15) is 32.6 Å². The Morgan fingerprint density at radius 1 is 1.64 bits per heavy atom. The summed E-state index contributed by atoms with van der Waals surface area (Å²) in [5, 5.41) is 5.17. The van der Waals surface area contributed by atoms with Gasteiger partial charge in [-0.15, -0.1) is 0 Å². The average molecular weight is 325 g/mol. The molecule has 0 amide bonds. The van der Waals surface area contributed by atoms with Gasteiger partial charge in [-0.2, -0.15) is 5.10 Å². The predicted molar refractivity (Wildman–Crippen MR) is 66.5 cm³/mol. The Morgan fingerprint density at radius 3 is 2.71 bits per heavy atom. The first kappa shape index (κ1) is 10.7. The quantitative estimate of drug-likeness (QED) is 0.775. The highest BCUT2D eigenvalue weighted by Gasteiger charge is 2.35. The van der Waals surface area contributed by atoms with Crippen molar-refractivity contribution in [2.24, 2.45) is 5.41 Å². The fraction of sp³-hybridized carbons (Fsp3) is 0.700. The molecule has 1 aliphatic rings. The Labute approximate surface area is 103 Å². The van der Waals surface area contributed by atoms with Crippen molar-refractivity contribution in [3.05, 3.63) is 14.9 Å². The fourth-order valence-corrected chi connectivity index (χ4v) is 2.67. The van der Waals surface area contributed by atoms with Gasteiger partial charge in [-0.1, -0.05) is 24.9 Å². The molecule has 1 fully saturated rings. The summed E-state index contributed by atoms with van der Waals surface area (Å²) in [5.74, 6) is 0. The van der Waals surface area contributed by atoms with Gasteiger partial charge in [-0.25, -0.2) is 0 Å². The van der Waals surface area contributed by atoms with Gasteiger partial charge >= 0.3 is 0 Å².